The summed E-state index contributed by atoms with van der Waals surface area (Å²) in [5.74, 6) is -3.26. The van der Waals surface area contributed by atoms with E-state index in [0.717, 1.165) is 12.3 Å². The van der Waals surface area contributed by atoms with Gasteiger partial charge in [0.15, 0.2) is 5.60 Å². The van der Waals surface area contributed by atoms with E-state index in [4.69, 9.17) is 0 Å². The van der Waals surface area contributed by atoms with Gasteiger partial charge in [0.1, 0.15) is 0 Å². The predicted molar refractivity (Wildman–Crippen MR) is 113 cm³/mol. The van der Waals surface area contributed by atoms with Crippen molar-refractivity contribution in [1.29, 1.82) is 0 Å². The van der Waals surface area contributed by atoms with Crippen LogP contribution < -0.4 is 10.6 Å². The summed E-state index contributed by atoms with van der Waals surface area (Å²) < 4.78 is 53.3. The Morgan fingerprint density at radius 3 is 2.32 bits per heavy atom. The Kier molecular flexibility index (Phi) is 6.83. The molecule has 3 rings (SSSR count). The minimum Gasteiger partial charge on any atom is -0.380 e. The molecule has 2 heterocycles. The van der Waals surface area contributed by atoms with E-state index < -0.39 is 54.2 Å². The number of nitrogens with zero attached hydrogens (tertiary/aromatic N) is 2. The van der Waals surface area contributed by atoms with Crippen LogP contribution in [0.3, 0.4) is 0 Å². The van der Waals surface area contributed by atoms with Crippen molar-refractivity contribution >= 4 is 23.3 Å². The van der Waals surface area contributed by atoms with E-state index in [1.54, 1.807) is 6.92 Å². The van der Waals surface area contributed by atoms with Gasteiger partial charge in [0.2, 0.25) is 5.95 Å². The van der Waals surface area contributed by atoms with Gasteiger partial charge < -0.3 is 20.3 Å². The molecule has 12 heteroatoms. The van der Waals surface area contributed by atoms with Gasteiger partial charge in [0.05, 0.1) is 23.1 Å². The van der Waals surface area contributed by atoms with Crippen molar-refractivity contribution in [2.45, 2.75) is 57.3 Å². The van der Waals surface area contributed by atoms with Gasteiger partial charge in [-0.1, -0.05) is 0 Å². The van der Waals surface area contributed by atoms with Crippen molar-refractivity contribution in [3.63, 3.8) is 0 Å². The number of hydrogen-bond donors (Lipinski definition) is 3. The number of hydrogen-bond acceptors (Lipinski definition) is 5. The lowest BCUT2D eigenvalue weighted by Crippen LogP contribution is -2.52. The Balaban J connectivity index is 1.73. The van der Waals surface area contributed by atoms with Crippen LogP contribution in [0.25, 0.3) is 0 Å². The standard InChI is InChI=1S/C22H24F4N4O4/c1-11-16(19(32)29-14-4-5-15(23)27-10-14)12(2)30(3)17(11)18(31)20(33)28-13-6-8-21(34,9-7-13)22(24,25)26/h4-5,10,13,34H,6-9H2,1-3H3,(H,28,33)(H,29,32). The number of halogens is 4. The second-order valence-corrected chi connectivity index (χ2v) is 8.42. The Morgan fingerprint density at radius 2 is 1.79 bits per heavy atom. The zero-order valence-corrected chi connectivity index (χ0v) is 18.7. The van der Waals surface area contributed by atoms with Crippen LogP contribution in [0.15, 0.2) is 18.3 Å². The molecule has 1 fully saturated rings. The number of carbonyl (C=O) groups is 3. The monoisotopic (exact) mass is 484 g/mol. The van der Waals surface area contributed by atoms with Gasteiger partial charge in [0, 0.05) is 18.8 Å². The van der Waals surface area contributed by atoms with Crippen molar-refractivity contribution in [2.75, 3.05) is 5.32 Å². The summed E-state index contributed by atoms with van der Waals surface area (Å²) >= 11 is 0. The maximum absolute atomic E-state index is 13.0. The molecule has 0 spiro atoms. The van der Waals surface area contributed by atoms with Gasteiger partial charge in [-0.25, -0.2) is 4.98 Å². The molecule has 0 saturated heterocycles. The van der Waals surface area contributed by atoms with Crippen LogP contribution in [0.5, 0.6) is 0 Å². The lowest BCUT2D eigenvalue weighted by Gasteiger charge is -2.37. The fourth-order valence-corrected chi connectivity index (χ4v) is 4.16. The molecule has 8 nitrogen and oxygen atoms in total. The summed E-state index contributed by atoms with van der Waals surface area (Å²) in [6.07, 6.45) is -5.08. The molecule has 0 aromatic carbocycles. The molecule has 2 aromatic rings. The molecule has 0 bridgehead atoms. The summed E-state index contributed by atoms with van der Waals surface area (Å²) in [7, 11) is 1.50. The summed E-state index contributed by atoms with van der Waals surface area (Å²) in [4.78, 5) is 41.7. The SMILES string of the molecule is Cc1c(C(=O)Nc2ccc(F)nc2)c(C)n(C)c1C(=O)C(=O)NC1CCC(O)(C(F)(F)F)CC1. The van der Waals surface area contributed by atoms with Crippen molar-refractivity contribution in [1.82, 2.24) is 14.9 Å². The highest BCUT2D eigenvalue weighted by Gasteiger charge is 2.54. The number of anilines is 1. The highest BCUT2D eigenvalue weighted by molar-refractivity contribution is 6.43. The molecule has 34 heavy (non-hydrogen) atoms. The second-order valence-electron chi connectivity index (χ2n) is 8.42. The molecule has 0 atom stereocenters. The number of ketones is 1. The van der Waals surface area contributed by atoms with Crippen molar-refractivity contribution in [3.8, 4) is 0 Å². The largest absolute Gasteiger partial charge is 0.417 e. The quantitative estimate of drug-likeness (QED) is 0.261. The van der Waals surface area contributed by atoms with Gasteiger partial charge in [0.25, 0.3) is 17.6 Å². The smallest absolute Gasteiger partial charge is 0.380 e. The Bertz CT molecular complexity index is 1120. The van der Waals surface area contributed by atoms with Crippen molar-refractivity contribution in [3.05, 3.63) is 46.8 Å². The fraction of sp³-hybridized carbons (Fsp3) is 0.455. The van der Waals surface area contributed by atoms with E-state index in [1.807, 2.05) is 0 Å². The lowest BCUT2D eigenvalue weighted by atomic mass is 9.81. The molecule has 3 N–H and O–H groups in total. The summed E-state index contributed by atoms with van der Waals surface area (Å²) in [5.41, 5.74) is -1.82. The molecular formula is C22H24F4N4O4. The lowest BCUT2D eigenvalue weighted by molar-refractivity contribution is -0.270. The van der Waals surface area contributed by atoms with E-state index in [1.165, 1.54) is 24.6 Å². The number of nitrogens with one attached hydrogen (secondary N) is 2. The van der Waals surface area contributed by atoms with E-state index in [2.05, 4.69) is 15.6 Å². The van der Waals surface area contributed by atoms with Crippen LogP contribution in [-0.2, 0) is 11.8 Å². The average molecular weight is 484 g/mol. The number of pyridine rings is 1. The average Bonchev–Trinajstić information content (AvgIpc) is 2.98. The molecule has 1 aliphatic carbocycles. The van der Waals surface area contributed by atoms with Gasteiger partial charge >= 0.3 is 6.18 Å². The van der Waals surface area contributed by atoms with Crippen LogP contribution in [-0.4, -0.2) is 50.1 Å². The topological polar surface area (TPSA) is 113 Å². The molecule has 184 valence electrons. The number of aliphatic hydroxyl groups is 1. The van der Waals surface area contributed by atoms with Crippen LogP contribution >= 0.6 is 0 Å². The van der Waals surface area contributed by atoms with Gasteiger partial charge in [-0.2, -0.15) is 17.6 Å². The summed E-state index contributed by atoms with van der Waals surface area (Å²) in [6, 6.07) is 1.69. The third kappa shape index (κ3) is 4.81. The fourth-order valence-electron chi connectivity index (χ4n) is 4.16. The minimum atomic E-state index is -4.77. The Morgan fingerprint density at radius 1 is 1.18 bits per heavy atom. The van der Waals surface area contributed by atoms with Gasteiger partial charge in [-0.05, 0) is 57.2 Å². The first-order valence-electron chi connectivity index (χ1n) is 10.5. The van der Waals surface area contributed by atoms with E-state index in [0.29, 0.717) is 5.69 Å². The first kappa shape index (κ1) is 25.3. The molecule has 0 unspecified atom stereocenters. The number of alkyl halides is 3. The Labute approximate surface area is 192 Å². The maximum Gasteiger partial charge on any atom is 0.417 e. The van der Waals surface area contributed by atoms with E-state index >= 15 is 0 Å². The second kappa shape index (κ2) is 9.16. The van der Waals surface area contributed by atoms with Crippen LogP contribution in [0.4, 0.5) is 23.2 Å². The minimum absolute atomic E-state index is 0.0417. The zero-order valence-electron chi connectivity index (χ0n) is 18.7. The maximum atomic E-state index is 13.0. The van der Waals surface area contributed by atoms with Crippen molar-refractivity contribution in [2.24, 2.45) is 7.05 Å². The zero-order chi connectivity index (χ0) is 25.4. The molecule has 2 aromatic heterocycles. The third-order valence-corrected chi connectivity index (χ3v) is 6.24. The highest BCUT2D eigenvalue weighted by atomic mass is 19.4. The van der Waals surface area contributed by atoms with Crippen LogP contribution in [0, 0.1) is 19.8 Å². The third-order valence-electron chi connectivity index (χ3n) is 6.24. The predicted octanol–water partition coefficient (Wildman–Crippen LogP) is 2.96. The first-order valence-corrected chi connectivity index (χ1v) is 10.5. The first-order chi connectivity index (χ1) is 15.7. The van der Waals surface area contributed by atoms with Crippen LogP contribution in [0.2, 0.25) is 0 Å². The number of amides is 2. The summed E-state index contributed by atoms with van der Waals surface area (Å²) in [5, 5.41) is 14.7. The van der Waals surface area contributed by atoms with Gasteiger partial charge in [-0.3, -0.25) is 14.4 Å². The van der Waals surface area contributed by atoms with Crippen molar-refractivity contribution < 1.29 is 37.1 Å². The van der Waals surface area contributed by atoms with Gasteiger partial charge in [-0.15, -0.1) is 0 Å². The Hall–Kier alpha value is -3.28. The molecule has 1 aliphatic rings. The normalized spacial score (nSPS) is 20.6. The number of Topliss-reactive ketones (excluding diaryl/α,β-unsaturated/α-hetero) is 1. The molecule has 2 amide bonds. The van der Waals surface area contributed by atoms with E-state index in [9.17, 15) is 37.1 Å². The number of rotatable bonds is 5. The highest BCUT2D eigenvalue weighted by Crippen LogP contribution is 2.41. The number of aromatic nitrogens is 2. The summed E-state index contributed by atoms with van der Waals surface area (Å²) in [6.45, 7) is 3.08. The van der Waals surface area contributed by atoms with Crippen LogP contribution in [0.1, 0.15) is 57.8 Å². The number of carbonyl (C=O) groups excluding carboxylic acids is 3. The molecule has 1 saturated carbocycles. The molecular weight excluding hydrogens is 460 g/mol. The molecule has 0 aliphatic heterocycles. The van der Waals surface area contributed by atoms with E-state index in [-0.39, 0.29) is 35.3 Å². The molecule has 0 radical (unpaired) electrons.